The zero-order valence-electron chi connectivity index (χ0n) is 11.4. The molecular formula is C13H24N2OS. The third-order valence-electron chi connectivity index (χ3n) is 2.38. The predicted molar refractivity (Wildman–Crippen MR) is 73.6 cm³/mol. The van der Waals surface area contributed by atoms with Gasteiger partial charge in [-0.3, -0.25) is 0 Å². The highest BCUT2D eigenvalue weighted by Crippen LogP contribution is 2.16. The highest BCUT2D eigenvalue weighted by Gasteiger charge is 2.03. The fourth-order valence-electron chi connectivity index (χ4n) is 1.56. The van der Waals surface area contributed by atoms with Gasteiger partial charge in [-0.2, -0.15) is 0 Å². The molecule has 1 N–H and O–H groups in total. The van der Waals surface area contributed by atoms with E-state index in [1.54, 1.807) is 11.3 Å². The van der Waals surface area contributed by atoms with E-state index in [0.29, 0.717) is 5.92 Å². The summed E-state index contributed by atoms with van der Waals surface area (Å²) >= 11 is 1.78. The van der Waals surface area contributed by atoms with Gasteiger partial charge >= 0.3 is 0 Å². The highest BCUT2D eigenvalue weighted by atomic mass is 32.1. The second-order valence-corrected chi connectivity index (χ2v) is 6.03. The lowest BCUT2D eigenvalue weighted by Gasteiger charge is -2.07. The zero-order valence-corrected chi connectivity index (χ0v) is 12.2. The van der Waals surface area contributed by atoms with E-state index in [2.05, 4.69) is 38.0 Å². The first-order valence-electron chi connectivity index (χ1n) is 6.31. The van der Waals surface area contributed by atoms with Crippen LogP contribution in [-0.4, -0.2) is 24.7 Å². The Balaban J connectivity index is 2.03. The molecule has 1 aromatic rings. The Kier molecular flexibility index (Phi) is 6.70. The standard InChI is InChI=1S/C13H24N2OS/c1-10(2)9-16-7-5-6-14-8-13-11(3)15-12(4)17-13/h10,14H,5-9H2,1-4H3. The normalized spacial score (nSPS) is 11.4. The van der Waals surface area contributed by atoms with Crippen molar-refractivity contribution in [2.24, 2.45) is 5.92 Å². The van der Waals surface area contributed by atoms with Crippen LogP contribution >= 0.6 is 11.3 Å². The van der Waals surface area contributed by atoms with E-state index in [4.69, 9.17) is 4.74 Å². The van der Waals surface area contributed by atoms with Gasteiger partial charge in [-0.15, -0.1) is 11.3 Å². The Hall–Kier alpha value is -0.450. The van der Waals surface area contributed by atoms with Crippen LogP contribution in [0.4, 0.5) is 0 Å². The van der Waals surface area contributed by atoms with Crippen molar-refractivity contribution in [3.63, 3.8) is 0 Å². The van der Waals surface area contributed by atoms with Gasteiger partial charge in [0.1, 0.15) is 0 Å². The molecule has 0 fully saturated rings. The van der Waals surface area contributed by atoms with E-state index in [9.17, 15) is 0 Å². The second kappa shape index (κ2) is 7.80. The maximum absolute atomic E-state index is 5.53. The van der Waals surface area contributed by atoms with E-state index in [-0.39, 0.29) is 0 Å². The van der Waals surface area contributed by atoms with E-state index in [1.807, 2.05) is 0 Å². The van der Waals surface area contributed by atoms with Crippen LogP contribution in [-0.2, 0) is 11.3 Å². The molecule has 0 saturated carbocycles. The highest BCUT2D eigenvalue weighted by molar-refractivity contribution is 7.11. The summed E-state index contributed by atoms with van der Waals surface area (Å²) in [6, 6.07) is 0. The topological polar surface area (TPSA) is 34.2 Å². The van der Waals surface area contributed by atoms with Crippen LogP contribution in [0.15, 0.2) is 0 Å². The van der Waals surface area contributed by atoms with Crippen molar-refractivity contribution < 1.29 is 4.74 Å². The summed E-state index contributed by atoms with van der Waals surface area (Å²) < 4.78 is 5.53. The van der Waals surface area contributed by atoms with Gasteiger partial charge in [0.2, 0.25) is 0 Å². The molecule has 0 unspecified atom stereocenters. The number of hydrogen-bond acceptors (Lipinski definition) is 4. The van der Waals surface area contributed by atoms with Crippen LogP contribution < -0.4 is 5.32 Å². The lowest BCUT2D eigenvalue weighted by molar-refractivity contribution is 0.108. The molecule has 0 aliphatic rings. The van der Waals surface area contributed by atoms with Gasteiger partial charge in [0.05, 0.1) is 10.7 Å². The minimum atomic E-state index is 0.630. The molecule has 98 valence electrons. The van der Waals surface area contributed by atoms with Crippen molar-refractivity contribution in [2.75, 3.05) is 19.8 Å². The van der Waals surface area contributed by atoms with Crippen LogP contribution in [0, 0.1) is 19.8 Å². The molecular weight excluding hydrogens is 232 g/mol. The largest absolute Gasteiger partial charge is 0.381 e. The molecule has 0 amide bonds. The van der Waals surface area contributed by atoms with Gasteiger partial charge in [-0.05, 0) is 32.7 Å². The Bertz CT molecular complexity index is 323. The van der Waals surface area contributed by atoms with Gasteiger partial charge in [-0.1, -0.05) is 13.8 Å². The molecule has 1 aromatic heterocycles. The van der Waals surface area contributed by atoms with Gasteiger partial charge in [0, 0.05) is 24.6 Å². The Morgan fingerprint density at radius 3 is 2.71 bits per heavy atom. The van der Waals surface area contributed by atoms with Crippen molar-refractivity contribution >= 4 is 11.3 Å². The summed E-state index contributed by atoms with van der Waals surface area (Å²) in [6.45, 7) is 12.1. The zero-order chi connectivity index (χ0) is 12.7. The van der Waals surface area contributed by atoms with Crippen LogP contribution in [0.5, 0.6) is 0 Å². The fraction of sp³-hybridized carbons (Fsp3) is 0.769. The summed E-state index contributed by atoms with van der Waals surface area (Å²) in [7, 11) is 0. The molecule has 1 heterocycles. The predicted octanol–water partition coefficient (Wildman–Crippen LogP) is 2.91. The van der Waals surface area contributed by atoms with Crippen LogP contribution in [0.1, 0.15) is 35.8 Å². The van der Waals surface area contributed by atoms with Gasteiger partial charge in [0.25, 0.3) is 0 Å². The Labute approximate surface area is 109 Å². The number of ether oxygens (including phenoxy) is 1. The van der Waals surface area contributed by atoms with Crippen molar-refractivity contribution in [2.45, 2.75) is 40.7 Å². The first kappa shape index (κ1) is 14.6. The maximum atomic E-state index is 5.53. The van der Waals surface area contributed by atoms with Crippen molar-refractivity contribution in [1.29, 1.82) is 0 Å². The lowest BCUT2D eigenvalue weighted by atomic mass is 10.2. The minimum absolute atomic E-state index is 0.630. The van der Waals surface area contributed by atoms with Gasteiger partial charge < -0.3 is 10.1 Å². The Morgan fingerprint density at radius 2 is 2.12 bits per heavy atom. The van der Waals surface area contributed by atoms with E-state index in [0.717, 1.165) is 43.4 Å². The van der Waals surface area contributed by atoms with Crippen LogP contribution in [0.2, 0.25) is 0 Å². The molecule has 0 aliphatic carbocycles. The molecule has 3 nitrogen and oxygen atoms in total. The van der Waals surface area contributed by atoms with E-state index in [1.165, 1.54) is 4.88 Å². The minimum Gasteiger partial charge on any atom is -0.381 e. The smallest absolute Gasteiger partial charge is 0.0900 e. The Morgan fingerprint density at radius 1 is 1.35 bits per heavy atom. The third-order valence-corrected chi connectivity index (χ3v) is 3.45. The number of aryl methyl sites for hydroxylation is 2. The average molecular weight is 256 g/mol. The number of hydrogen-bond donors (Lipinski definition) is 1. The average Bonchev–Trinajstić information content (AvgIpc) is 2.55. The number of aromatic nitrogens is 1. The van der Waals surface area contributed by atoms with Crippen LogP contribution in [0.3, 0.4) is 0 Å². The number of nitrogens with one attached hydrogen (secondary N) is 1. The number of rotatable bonds is 8. The first-order valence-corrected chi connectivity index (χ1v) is 7.12. The summed E-state index contributed by atoms with van der Waals surface area (Å²) in [5.41, 5.74) is 1.16. The molecule has 0 saturated heterocycles. The molecule has 0 bridgehead atoms. The maximum Gasteiger partial charge on any atom is 0.0900 e. The third kappa shape index (κ3) is 6.15. The first-order chi connectivity index (χ1) is 8.09. The van der Waals surface area contributed by atoms with E-state index < -0.39 is 0 Å². The van der Waals surface area contributed by atoms with Gasteiger partial charge in [-0.25, -0.2) is 4.98 Å². The molecule has 0 aromatic carbocycles. The molecule has 0 atom stereocenters. The fourth-order valence-corrected chi connectivity index (χ4v) is 2.46. The SMILES string of the molecule is Cc1nc(C)c(CNCCCOCC(C)C)s1. The summed E-state index contributed by atoms with van der Waals surface area (Å²) in [4.78, 5) is 5.77. The molecule has 1 rings (SSSR count). The molecule has 0 radical (unpaired) electrons. The second-order valence-electron chi connectivity index (χ2n) is 4.74. The van der Waals surface area contributed by atoms with Crippen molar-refractivity contribution in [3.05, 3.63) is 15.6 Å². The molecule has 0 aliphatic heterocycles. The molecule has 0 spiro atoms. The number of thiazole rings is 1. The van der Waals surface area contributed by atoms with E-state index >= 15 is 0 Å². The quantitative estimate of drug-likeness (QED) is 0.726. The van der Waals surface area contributed by atoms with Gasteiger partial charge in [0.15, 0.2) is 0 Å². The van der Waals surface area contributed by atoms with Crippen LogP contribution in [0.25, 0.3) is 0 Å². The molecule has 4 heteroatoms. The van der Waals surface area contributed by atoms with Crippen molar-refractivity contribution in [1.82, 2.24) is 10.3 Å². The lowest BCUT2D eigenvalue weighted by Crippen LogP contribution is -2.16. The monoisotopic (exact) mass is 256 g/mol. The molecule has 17 heavy (non-hydrogen) atoms. The summed E-state index contributed by atoms with van der Waals surface area (Å²) in [5.74, 6) is 0.630. The number of nitrogens with zero attached hydrogens (tertiary/aromatic N) is 1. The summed E-state index contributed by atoms with van der Waals surface area (Å²) in [6.07, 6.45) is 1.07. The summed E-state index contributed by atoms with van der Waals surface area (Å²) in [5, 5.41) is 4.59. The van der Waals surface area contributed by atoms with Crippen molar-refractivity contribution in [3.8, 4) is 0 Å².